The van der Waals surface area contributed by atoms with Gasteiger partial charge in [-0.25, -0.2) is 4.79 Å². The summed E-state index contributed by atoms with van der Waals surface area (Å²) in [5.41, 5.74) is -0.412. The van der Waals surface area contributed by atoms with E-state index in [1.54, 1.807) is 0 Å². The van der Waals surface area contributed by atoms with Gasteiger partial charge in [-0.1, -0.05) is 6.92 Å². The lowest BCUT2D eigenvalue weighted by Gasteiger charge is -2.42. The van der Waals surface area contributed by atoms with E-state index in [2.05, 4.69) is 25.7 Å². The molecule has 0 aromatic carbocycles. The summed E-state index contributed by atoms with van der Waals surface area (Å²) in [4.78, 5) is 16.4. The molecule has 4 nitrogen and oxygen atoms in total. The van der Waals surface area contributed by atoms with Crippen LogP contribution in [0.15, 0.2) is 0 Å². The molecule has 1 heterocycles. The molecular formula is C14H28N2O2. The molecule has 106 valence electrons. The Bertz CT molecular complexity index is 286. The summed E-state index contributed by atoms with van der Waals surface area (Å²) in [5, 5.41) is 0. The second kappa shape index (κ2) is 5.91. The molecule has 0 saturated carbocycles. The van der Waals surface area contributed by atoms with E-state index in [1.165, 1.54) is 0 Å². The minimum atomic E-state index is -0.412. The van der Waals surface area contributed by atoms with Gasteiger partial charge >= 0.3 is 6.09 Å². The molecule has 0 radical (unpaired) electrons. The summed E-state index contributed by atoms with van der Waals surface area (Å²) in [6.45, 7) is 14.9. The first-order chi connectivity index (χ1) is 8.24. The van der Waals surface area contributed by atoms with E-state index in [9.17, 15) is 4.79 Å². The standard InChI is InChI=1S/C14H28N2O2/c1-7-11(2)15-8-9-16(12(3)10-15)13(17)18-14(4,5)6/h11-12H,7-10H2,1-6H3/t11?,12-/m0/s1. The Morgan fingerprint density at radius 2 is 2.00 bits per heavy atom. The van der Waals surface area contributed by atoms with Crippen LogP contribution in [0, 0.1) is 0 Å². The average Bonchev–Trinajstić information content (AvgIpc) is 2.25. The molecule has 1 unspecified atom stereocenters. The molecule has 0 aromatic heterocycles. The highest BCUT2D eigenvalue weighted by Crippen LogP contribution is 2.17. The Balaban J connectivity index is 2.54. The van der Waals surface area contributed by atoms with Gasteiger partial charge < -0.3 is 9.64 Å². The maximum atomic E-state index is 12.1. The smallest absolute Gasteiger partial charge is 0.410 e. The molecule has 0 spiro atoms. The predicted octanol–water partition coefficient (Wildman–Crippen LogP) is 2.73. The first-order valence-corrected chi connectivity index (χ1v) is 6.98. The van der Waals surface area contributed by atoms with Crippen LogP contribution in [0.2, 0.25) is 0 Å². The fourth-order valence-electron chi connectivity index (χ4n) is 2.24. The average molecular weight is 256 g/mol. The molecule has 1 aliphatic rings. The fourth-order valence-corrected chi connectivity index (χ4v) is 2.24. The van der Waals surface area contributed by atoms with Crippen molar-refractivity contribution in [1.82, 2.24) is 9.80 Å². The first-order valence-electron chi connectivity index (χ1n) is 6.98. The number of carbonyl (C=O) groups is 1. The van der Waals surface area contributed by atoms with Crippen LogP contribution >= 0.6 is 0 Å². The highest BCUT2D eigenvalue weighted by Gasteiger charge is 2.31. The fraction of sp³-hybridized carbons (Fsp3) is 0.929. The van der Waals surface area contributed by atoms with E-state index in [0.29, 0.717) is 6.04 Å². The molecule has 1 aliphatic heterocycles. The second-order valence-corrected chi connectivity index (χ2v) is 6.27. The third kappa shape index (κ3) is 4.16. The van der Waals surface area contributed by atoms with E-state index in [1.807, 2.05) is 25.7 Å². The lowest BCUT2D eigenvalue weighted by molar-refractivity contribution is -0.00352. The highest BCUT2D eigenvalue weighted by molar-refractivity contribution is 5.68. The molecule has 0 N–H and O–H groups in total. The SMILES string of the molecule is CCC(C)N1CCN(C(=O)OC(C)(C)C)[C@@H](C)C1. The molecule has 1 rings (SSSR count). The number of piperazine rings is 1. The molecular weight excluding hydrogens is 228 g/mol. The van der Waals surface area contributed by atoms with E-state index >= 15 is 0 Å². The summed E-state index contributed by atoms with van der Waals surface area (Å²) >= 11 is 0. The molecule has 1 saturated heterocycles. The maximum Gasteiger partial charge on any atom is 0.410 e. The summed E-state index contributed by atoms with van der Waals surface area (Å²) in [7, 11) is 0. The first kappa shape index (κ1) is 15.3. The van der Waals surface area contributed by atoms with Crippen LogP contribution < -0.4 is 0 Å². The maximum absolute atomic E-state index is 12.1. The topological polar surface area (TPSA) is 32.8 Å². The van der Waals surface area contributed by atoms with Gasteiger partial charge in [0.2, 0.25) is 0 Å². The minimum Gasteiger partial charge on any atom is -0.444 e. The van der Waals surface area contributed by atoms with Gasteiger partial charge in [0.15, 0.2) is 0 Å². The van der Waals surface area contributed by atoms with E-state index in [-0.39, 0.29) is 12.1 Å². The Morgan fingerprint density at radius 1 is 1.39 bits per heavy atom. The van der Waals surface area contributed by atoms with Crippen molar-refractivity contribution in [2.24, 2.45) is 0 Å². The van der Waals surface area contributed by atoms with Gasteiger partial charge in [0.05, 0.1) is 0 Å². The minimum absolute atomic E-state index is 0.182. The summed E-state index contributed by atoms with van der Waals surface area (Å²) in [6, 6.07) is 0.816. The van der Waals surface area contributed by atoms with Gasteiger partial charge in [-0.15, -0.1) is 0 Å². The van der Waals surface area contributed by atoms with Crippen molar-refractivity contribution < 1.29 is 9.53 Å². The molecule has 0 aliphatic carbocycles. The van der Waals surface area contributed by atoms with Crippen LogP contribution in [0.25, 0.3) is 0 Å². The quantitative estimate of drug-likeness (QED) is 0.761. The number of hydrogen-bond acceptors (Lipinski definition) is 3. The van der Waals surface area contributed by atoms with E-state index in [0.717, 1.165) is 26.1 Å². The second-order valence-electron chi connectivity index (χ2n) is 6.27. The summed E-state index contributed by atoms with van der Waals surface area (Å²) in [6.07, 6.45) is 0.970. The molecule has 0 aromatic rings. The molecule has 4 heteroatoms. The van der Waals surface area contributed by atoms with Gasteiger partial charge in [0.25, 0.3) is 0 Å². The van der Waals surface area contributed by atoms with Crippen LogP contribution in [-0.2, 0) is 4.74 Å². The van der Waals surface area contributed by atoms with Crippen molar-refractivity contribution in [3.63, 3.8) is 0 Å². The molecule has 2 atom stereocenters. The van der Waals surface area contributed by atoms with Gasteiger partial charge in [-0.05, 0) is 41.0 Å². The van der Waals surface area contributed by atoms with Crippen LogP contribution in [0.3, 0.4) is 0 Å². The Labute approximate surface area is 111 Å². The Morgan fingerprint density at radius 3 is 2.44 bits per heavy atom. The third-order valence-electron chi connectivity index (χ3n) is 3.50. The van der Waals surface area contributed by atoms with Crippen LogP contribution in [0.4, 0.5) is 4.79 Å². The number of ether oxygens (including phenoxy) is 1. The van der Waals surface area contributed by atoms with Gasteiger partial charge in [0.1, 0.15) is 5.60 Å². The van der Waals surface area contributed by atoms with Crippen molar-refractivity contribution in [3.05, 3.63) is 0 Å². The van der Waals surface area contributed by atoms with Crippen molar-refractivity contribution >= 4 is 6.09 Å². The summed E-state index contributed by atoms with van der Waals surface area (Å²) in [5.74, 6) is 0. The number of amides is 1. The number of hydrogen-bond donors (Lipinski definition) is 0. The van der Waals surface area contributed by atoms with Gasteiger partial charge in [-0.3, -0.25) is 4.90 Å². The van der Waals surface area contributed by atoms with Crippen molar-refractivity contribution in [1.29, 1.82) is 0 Å². The number of carbonyl (C=O) groups excluding carboxylic acids is 1. The zero-order chi connectivity index (χ0) is 13.9. The number of rotatable bonds is 2. The molecule has 1 amide bonds. The number of nitrogens with zero attached hydrogens (tertiary/aromatic N) is 2. The van der Waals surface area contributed by atoms with Gasteiger partial charge in [-0.2, -0.15) is 0 Å². The Hall–Kier alpha value is -0.770. The Kier molecular flexibility index (Phi) is 5.02. The van der Waals surface area contributed by atoms with Crippen molar-refractivity contribution in [2.75, 3.05) is 19.6 Å². The van der Waals surface area contributed by atoms with E-state index < -0.39 is 5.60 Å². The lowest BCUT2D eigenvalue weighted by atomic mass is 10.1. The van der Waals surface area contributed by atoms with Crippen LogP contribution in [-0.4, -0.2) is 53.2 Å². The molecule has 0 bridgehead atoms. The van der Waals surface area contributed by atoms with Crippen LogP contribution in [0.5, 0.6) is 0 Å². The largest absolute Gasteiger partial charge is 0.444 e. The molecule has 1 fully saturated rings. The van der Waals surface area contributed by atoms with Gasteiger partial charge in [0, 0.05) is 31.7 Å². The molecule has 18 heavy (non-hydrogen) atoms. The predicted molar refractivity (Wildman–Crippen MR) is 73.7 cm³/mol. The van der Waals surface area contributed by atoms with Crippen molar-refractivity contribution in [2.45, 2.75) is 65.6 Å². The zero-order valence-electron chi connectivity index (χ0n) is 12.7. The monoisotopic (exact) mass is 256 g/mol. The van der Waals surface area contributed by atoms with Crippen LogP contribution in [0.1, 0.15) is 48.0 Å². The highest BCUT2D eigenvalue weighted by atomic mass is 16.6. The zero-order valence-corrected chi connectivity index (χ0v) is 12.7. The van der Waals surface area contributed by atoms with E-state index in [4.69, 9.17) is 4.74 Å². The normalized spacial score (nSPS) is 23.9. The van der Waals surface area contributed by atoms with Crippen molar-refractivity contribution in [3.8, 4) is 0 Å². The third-order valence-corrected chi connectivity index (χ3v) is 3.50. The summed E-state index contributed by atoms with van der Waals surface area (Å²) < 4.78 is 5.44. The lowest BCUT2D eigenvalue weighted by Crippen LogP contribution is -2.56.